The third-order valence-corrected chi connectivity index (χ3v) is 3.94. The van der Waals surface area contributed by atoms with Crippen LogP contribution in [0.15, 0.2) is 5.38 Å². The van der Waals surface area contributed by atoms with Gasteiger partial charge in [-0.25, -0.2) is 4.98 Å². The smallest absolute Gasteiger partial charge is 0.226 e. The minimum Gasteiger partial charge on any atom is -0.353 e. The second-order valence-corrected chi connectivity index (χ2v) is 5.79. The molecule has 1 fully saturated rings. The number of rotatable bonds is 8. The monoisotopic (exact) mass is 267 g/mol. The van der Waals surface area contributed by atoms with Gasteiger partial charge in [0.15, 0.2) is 0 Å². The molecule has 0 unspecified atom stereocenters. The lowest BCUT2D eigenvalue weighted by Gasteiger charge is -2.00. The van der Waals surface area contributed by atoms with Gasteiger partial charge in [0.1, 0.15) is 0 Å². The zero-order valence-electron chi connectivity index (χ0n) is 10.7. The number of hydrogen-bond donors (Lipinski definition) is 2. The average Bonchev–Trinajstić information content (AvgIpc) is 3.04. The second kappa shape index (κ2) is 6.85. The van der Waals surface area contributed by atoms with E-state index in [1.165, 1.54) is 0 Å². The normalized spacial score (nSPS) is 14.7. The molecular weight excluding hydrogens is 246 g/mol. The van der Waals surface area contributed by atoms with Gasteiger partial charge in [-0.3, -0.25) is 4.79 Å². The Labute approximate surface area is 112 Å². The first kappa shape index (κ1) is 13.5. The van der Waals surface area contributed by atoms with Crippen LogP contribution in [0.5, 0.6) is 0 Å². The molecule has 1 aromatic heterocycles. The Morgan fingerprint density at radius 1 is 1.44 bits per heavy atom. The van der Waals surface area contributed by atoms with Crippen LogP contribution >= 0.6 is 11.3 Å². The van der Waals surface area contributed by atoms with Gasteiger partial charge >= 0.3 is 0 Å². The minimum absolute atomic E-state index is 0.109. The van der Waals surface area contributed by atoms with Crippen molar-refractivity contribution >= 4 is 17.2 Å². The van der Waals surface area contributed by atoms with Gasteiger partial charge in [-0.2, -0.15) is 0 Å². The average molecular weight is 267 g/mol. The van der Waals surface area contributed by atoms with Crippen molar-refractivity contribution in [2.75, 3.05) is 6.54 Å². The molecule has 0 spiro atoms. The third-order valence-electron chi connectivity index (χ3n) is 2.98. The number of aryl methyl sites for hydroxylation is 1. The quantitative estimate of drug-likeness (QED) is 0.704. The van der Waals surface area contributed by atoms with E-state index in [9.17, 15) is 4.79 Å². The summed E-state index contributed by atoms with van der Waals surface area (Å²) < 4.78 is 0. The summed E-state index contributed by atoms with van der Waals surface area (Å²) in [5, 5.41) is 6.13. The van der Waals surface area contributed by atoms with Gasteiger partial charge in [-0.05, 0) is 38.6 Å². The number of unbranched alkanes of at least 4 members (excludes halogenated alkanes) is 2. The number of nitrogens with zero attached hydrogens (tertiary/aromatic N) is 1. The van der Waals surface area contributed by atoms with E-state index < -0.39 is 0 Å². The van der Waals surface area contributed by atoms with Gasteiger partial charge in [-0.1, -0.05) is 6.42 Å². The molecule has 1 aliphatic rings. The van der Waals surface area contributed by atoms with Crippen molar-refractivity contribution < 1.29 is 4.79 Å². The van der Waals surface area contributed by atoms with Gasteiger partial charge in [0.2, 0.25) is 5.91 Å². The SMILES string of the molecule is NCCCCCc1nc(CC(=O)NC2CC2)cs1. The van der Waals surface area contributed by atoms with E-state index in [0.717, 1.165) is 55.8 Å². The fraction of sp³-hybridized carbons (Fsp3) is 0.692. The first-order valence-corrected chi connectivity index (χ1v) is 7.58. The lowest BCUT2D eigenvalue weighted by molar-refractivity contribution is -0.120. The van der Waals surface area contributed by atoms with Crippen molar-refractivity contribution in [2.24, 2.45) is 5.73 Å². The molecule has 1 amide bonds. The lowest BCUT2D eigenvalue weighted by atomic mass is 10.2. The molecule has 100 valence electrons. The van der Waals surface area contributed by atoms with Crippen LogP contribution < -0.4 is 11.1 Å². The number of carbonyl (C=O) groups excluding carboxylic acids is 1. The van der Waals surface area contributed by atoms with Crippen LogP contribution in [0.2, 0.25) is 0 Å². The summed E-state index contributed by atoms with van der Waals surface area (Å²) in [5.41, 5.74) is 6.36. The maximum Gasteiger partial charge on any atom is 0.226 e. The van der Waals surface area contributed by atoms with E-state index in [4.69, 9.17) is 5.73 Å². The summed E-state index contributed by atoms with van der Waals surface area (Å²) in [7, 11) is 0. The van der Waals surface area contributed by atoms with Crippen molar-refractivity contribution in [1.29, 1.82) is 0 Å². The molecule has 0 aromatic carbocycles. The number of aromatic nitrogens is 1. The molecule has 3 N–H and O–H groups in total. The fourth-order valence-corrected chi connectivity index (χ4v) is 2.65. The summed E-state index contributed by atoms with van der Waals surface area (Å²) in [6, 6.07) is 0.437. The summed E-state index contributed by atoms with van der Waals surface area (Å²) in [6.45, 7) is 0.768. The van der Waals surface area contributed by atoms with Crippen LogP contribution in [-0.2, 0) is 17.6 Å². The van der Waals surface area contributed by atoms with Gasteiger partial charge in [0, 0.05) is 11.4 Å². The molecule has 5 heteroatoms. The molecule has 0 bridgehead atoms. The number of amides is 1. The number of nitrogens with one attached hydrogen (secondary N) is 1. The van der Waals surface area contributed by atoms with Crippen molar-refractivity contribution in [2.45, 2.75) is 51.0 Å². The Bertz CT molecular complexity index is 387. The van der Waals surface area contributed by atoms with Crippen LogP contribution in [0.4, 0.5) is 0 Å². The molecule has 1 heterocycles. The zero-order valence-corrected chi connectivity index (χ0v) is 11.5. The van der Waals surface area contributed by atoms with Gasteiger partial charge < -0.3 is 11.1 Å². The van der Waals surface area contributed by atoms with Crippen LogP contribution in [0, 0.1) is 0 Å². The van der Waals surface area contributed by atoms with Gasteiger partial charge in [0.05, 0.1) is 17.1 Å². The zero-order chi connectivity index (χ0) is 12.8. The Hall–Kier alpha value is -0.940. The first-order valence-electron chi connectivity index (χ1n) is 6.70. The van der Waals surface area contributed by atoms with Crippen molar-refractivity contribution in [3.63, 3.8) is 0 Å². The molecule has 4 nitrogen and oxygen atoms in total. The van der Waals surface area contributed by atoms with Crippen LogP contribution in [0.3, 0.4) is 0 Å². The molecule has 0 aliphatic heterocycles. The molecule has 0 radical (unpaired) electrons. The highest BCUT2D eigenvalue weighted by Gasteiger charge is 2.23. The van der Waals surface area contributed by atoms with E-state index >= 15 is 0 Å². The molecule has 1 aromatic rings. The van der Waals surface area contributed by atoms with Gasteiger partial charge in [0.25, 0.3) is 0 Å². The Morgan fingerprint density at radius 3 is 3.00 bits per heavy atom. The molecule has 1 aliphatic carbocycles. The van der Waals surface area contributed by atoms with Crippen molar-refractivity contribution in [3.8, 4) is 0 Å². The maximum atomic E-state index is 11.6. The van der Waals surface area contributed by atoms with E-state index in [0.29, 0.717) is 12.5 Å². The summed E-state index contributed by atoms with van der Waals surface area (Å²) in [4.78, 5) is 16.1. The summed E-state index contributed by atoms with van der Waals surface area (Å²) in [6.07, 6.45) is 7.09. The largest absolute Gasteiger partial charge is 0.353 e. The van der Waals surface area contributed by atoms with Crippen molar-refractivity contribution in [1.82, 2.24) is 10.3 Å². The van der Waals surface area contributed by atoms with E-state index in [1.54, 1.807) is 11.3 Å². The van der Waals surface area contributed by atoms with Gasteiger partial charge in [-0.15, -0.1) is 11.3 Å². The summed E-state index contributed by atoms with van der Waals surface area (Å²) >= 11 is 1.66. The number of nitrogens with two attached hydrogens (primary N) is 1. The topological polar surface area (TPSA) is 68.0 Å². The van der Waals surface area contributed by atoms with Crippen molar-refractivity contribution in [3.05, 3.63) is 16.1 Å². The summed E-state index contributed by atoms with van der Waals surface area (Å²) in [5.74, 6) is 0.109. The van der Waals surface area contributed by atoms with E-state index in [-0.39, 0.29) is 5.91 Å². The highest BCUT2D eigenvalue weighted by atomic mass is 32.1. The number of hydrogen-bond acceptors (Lipinski definition) is 4. The first-order chi connectivity index (χ1) is 8.78. The molecular formula is C13H21N3OS. The Kier molecular flexibility index (Phi) is 5.13. The predicted octanol–water partition coefficient (Wildman–Crippen LogP) is 1.64. The Balaban J connectivity index is 1.69. The molecule has 1 saturated carbocycles. The highest BCUT2D eigenvalue weighted by molar-refractivity contribution is 7.09. The molecule has 2 rings (SSSR count). The molecule has 18 heavy (non-hydrogen) atoms. The van der Waals surface area contributed by atoms with E-state index in [1.807, 2.05) is 5.38 Å². The fourth-order valence-electron chi connectivity index (χ4n) is 1.81. The number of carbonyl (C=O) groups is 1. The lowest BCUT2D eigenvalue weighted by Crippen LogP contribution is -2.27. The van der Waals surface area contributed by atoms with E-state index in [2.05, 4.69) is 10.3 Å². The second-order valence-electron chi connectivity index (χ2n) is 4.85. The van der Waals surface area contributed by atoms with Crippen LogP contribution in [-0.4, -0.2) is 23.5 Å². The Morgan fingerprint density at radius 2 is 2.28 bits per heavy atom. The minimum atomic E-state index is 0.109. The van der Waals surface area contributed by atoms with Crippen LogP contribution in [0.25, 0.3) is 0 Å². The molecule has 0 atom stereocenters. The third kappa shape index (κ3) is 4.74. The molecule has 0 saturated heterocycles. The highest BCUT2D eigenvalue weighted by Crippen LogP contribution is 2.19. The maximum absolute atomic E-state index is 11.6. The predicted molar refractivity (Wildman–Crippen MR) is 73.6 cm³/mol. The standard InChI is InChI=1S/C13H21N3OS/c14-7-3-1-2-4-13-16-11(9-18-13)8-12(17)15-10-5-6-10/h9-10H,1-8,14H2,(H,15,17). The van der Waals surface area contributed by atoms with Crippen LogP contribution in [0.1, 0.15) is 42.8 Å². The number of thiazole rings is 1.